The molecule has 2 nitrogen and oxygen atoms in total. The number of piperidine rings is 1. The van der Waals surface area contributed by atoms with Crippen molar-refractivity contribution in [1.82, 2.24) is 10.3 Å². The van der Waals surface area contributed by atoms with Gasteiger partial charge >= 0.3 is 0 Å². The van der Waals surface area contributed by atoms with Crippen molar-refractivity contribution in [3.63, 3.8) is 0 Å². The van der Waals surface area contributed by atoms with Crippen molar-refractivity contribution in [3.8, 4) is 22.3 Å². The van der Waals surface area contributed by atoms with Crippen molar-refractivity contribution in [2.45, 2.75) is 38.5 Å². The fourth-order valence-corrected chi connectivity index (χ4v) is 5.76. The first-order valence-corrected chi connectivity index (χ1v) is 11.6. The second kappa shape index (κ2) is 8.53. The smallest absolute Gasteiger partial charge is 0.0412 e. The summed E-state index contributed by atoms with van der Waals surface area (Å²) in [7, 11) is 0. The Morgan fingerprint density at radius 3 is 2.17 bits per heavy atom. The first kappa shape index (κ1) is 19.8. The minimum Gasteiger partial charge on any atom is -0.317 e. The average molecular weight is 417 g/mol. The van der Waals surface area contributed by atoms with Crippen LogP contribution in [0.25, 0.3) is 22.3 Å². The van der Waals surface area contributed by atoms with Gasteiger partial charge in [-0.15, -0.1) is 0 Å². The third kappa shape index (κ3) is 4.04. The van der Waals surface area contributed by atoms with Gasteiger partial charge in [-0.05, 0) is 103 Å². The van der Waals surface area contributed by atoms with Gasteiger partial charge in [-0.25, -0.2) is 0 Å². The van der Waals surface area contributed by atoms with Crippen molar-refractivity contribution >= 4 is 11.6 Å². The molecule has 2 heterocycles. The Labute approximate surface area is 184 Å². The zero-order valence-electron chi connectivity index (χ0n) is 17.4. The lowest BCUT2D eigenvalue weighted by Gasteiger charge is -2.39. The van der Waals surface area contributed by atoms with E-state index >= 15 is 0 Å². The molecule has 0 bridgehead atoms. The van der Waals surface area contributed by atoms with Gasteiger partial charge in [-0.1, -0.05) is 54.4 Å². The molecule has 1 saturated carbocycles. The van der Waals surface area contributed by atoms with Gasteiger partial charge in [0.15, 0.2) is 0 Å². The van der Waals surface area contributed by atoms with E-state index in [9.17, 15) is 0 Å². The van der Waals surface area contributed by atoms with E-state index in [0.717, 1.165) is 17.4 Å². The van der Waals surface area contributed by atoms with Gasteiger partial charge in [0.05, 0.1) is 0 Å². The van der Waals surface area contributed by atoms with Crippen LogP contribution in [0.1, 0.15) is 37.8 Å². The third-order valence-electron chi connectivity index (χ3n) is 7.36. The molecular formula is C27H29ClN2. The summed E-state index contributed by atoms with van der Waals surface area (Å²) in [6, 6.07) is 21.3. The number of hydrogen-bond acceptors (Lipinski definition) is 2. The molecule has 5 rings (SSSR count). The monoisotopic (exact) mass is 416 g/mol. The fraction of sp³-hybridized carbons (Fsp3) is 0.370. The molecule has 2 aliphatic rings. The summed E-state index contributed by atoms with van der Waals surface area (Å²) in [6.07, 6.45) is 9.94. The number of benzene rings is 2. The summed E-state index contributed by atoms with van der Waals surface area (Å²) in [4.78, 5) is 4.75. The summed E-state index contributed by atoms with van der Waals surface area (Å²) in [5, 5.41) is 4.32. The van der Waals surface area contributed by atoms with Crippen LogP contribution in [0.5, 0.6) is 0 Å². The van der Waals surface area contributed by atoms with Gasteiger partial charge in [-0.3, -0.25) is 4.98 Å². The predicted molar refractivity (Wildman–Crippen MR) is 126 cm³/mol. The molecule has 1 N–H and O–H groups in total. The number of nitrogens with zero attached hydrogens (tertiary/aromatic N) is 1. The van der Waals surface area contributed by atoms with Crippen molar-refractivity contribution in [2.75, 3.05) is 13.1 Å². The van der Waals surface area contributed by atoms with Crippen LogP contribution in [0.3, 0.4) is 0 Å². The van der Waals surface area contributed by atoms with Crippen LogP contribution >= 0.6 is 11.6 Å². The van der Waals surface area contributed by atoms with E-state index in [0.29, 0.717) is 5.41 Å². The predicted octanol–water partition coefficient (Wildman–Crippen LogP) is 6.78. The van der Waals surface area contributed by atoms with E-state index in [4.69, 9.17) is 16.6 Å². The average Bonchev–Trinajstić information content (AvgIpc) is 3.16. The van der Waals surface area contributed by atoms with E-state index < -0.39 is 0 Å². The second-order valence-electron chi connectivity index (χ2n) is 9.03. The molecule has 3 aromatic rings. The summed E-state index contributed by atoms with van der Waals surface area (Å²) in [5.41, 5.74) is 6.72. The van der Waals surface area contributed by atoms with Crippen LogP contribution in [-0.2, 0) is 6.42 Å². The molecule has 1 unspecified atom stereocenters. The first-order chi connectivity index (χ1) is 14.7. The molecule has 1 atom stereocenters. The van der Waals surface area contributed by atoms with Crippen LogP contribution in [0.15, 0.2) is 66.9 Å². The molecule has 1 aliphatic heterocycles. The SMILES string of the molecule is Clc1ccc(-c2ccc(-c3ccnc(CC4CCCC45CCNCC5)c3)cc2)cc1. The number of pyridine rings is 1. The number of halogens is 1. The fourth-order valence-electron chi connectivity index (χ4n) is 5.63. The van der Waals surface area contributed by atoms with E-state index in [-0.39, 0.29) is 0 Å². The Balaban J connectivity index is 1.34. The van der Waals surface area contributed by atoms with E-state index in [1.165, 1.54) is 73.1 Å². The minimum absolute atomic E-state index is 0.559. The quantitative estimate of drug-likeness (QED) is 0.506. The van der Waals surface area contributed by atoms with Crippen LogP contribution in [0, 0.1) is 11.3 Å². The summed E-state index contributed by atoms with van der Waals surface area (Å²) in [5.74, 6) is 0.787. The van der Waals surface area contributed by atoms with Crippen LogP contribution in [0.2, 0.25) is 5.02 Å². The molecule has 1 saturated heterocycles. The Hall–Kier alpha value is -2.16. The number of rotatable bonds is 4. The van der Waals surface area contributed by atoms with Gasteiger partial charge in [0, 0.05) is 16.9 Å². The highest BCUT2D eigenvalue weighted by atomic mass is 35.5. The van der Waals surface area contributed by atoms with E-state index in [2.05, 4.69) is 53.8 Å². The molecule has 3 heteroatoms. The molecule has 0 amide bonds. The van der Waals surface area contributed by atoms with Crippen molar-refractivity contribution < 1.29 is 0 Å². The topological polar surface area (TPSA) is 24.9 Å². The van der Waals surface area contributed by atoms with E-state index in [1.807, 2.05) is 18.3 Å². The van der Waals surface area contributed by atoms with Crippen LogP contribution in [0.4, 0.5) is 0 Å². The minimum atomic E-state index is 0.559. The molecule has 0 radical (unpaired) electrons. The highest BCUT2D eigenvalue weighted by Crippen LogP contribution is 2.50. The van der Waals surface area contributed by atoms with Gasteiger partial charge in [0.2, 0.25) is 0 Å². The van der Waals surface area contributed by atoms with Gasteiger partial charge in [0.25, 0.3) is 0 Å². The molecule has 1 aromatic heterocycles. The largest absolute Gasteiger partial charge is 0.317 e. The first-order valence-electron chi connectivity index (χ1n) is 11.2. The normalized spacial score (nSPS) is 20.5. The zero-order chi connectivity index (χ0) is 20.4. The Morgan fingerprint density at radius 1 is 0.833 bits per heavy atom. The maximum atomic E-state index is 6.02. The lowest BCUT2D eigenvalue weighted by atomic mass is 9.69. The summed E-state index contributed by atoms with van der Waals surface area (Å²) < 4.78 is 0. The number of aromatic nitrogens is 1. The maximum absolute atomic E-state index is 6.02. The van der Waals surface area contributed by atoms with Crippen LogP contribution < -0.4 is 5.32 Å². The molecular weight excluding hydrogens is 388 g/mol. The molecule has 1 aliphatic carbocycles. The Bertz CT molecular complexity index is 988. The summed E-state index contributed by atoms with van der Waals surface area (Å²) in [6.45, 7) is 2.37. The lowest BCUT2D eigenvalue weighted by molar-refractivity contribution is 0.136. The van der Waals surface area contributed by atoms with E-state index in [1.54, 1.807) is 0 Å². The molecule has 1 spiro atoms. The number of nitrogens with one attached hydrogen (secondary N) is 1. The maximum Gasteiger partial charge on any atom is 0.0412 e. The van der Waals surface area contributed by atoms with Gasteiger partial charge < -0.3 is 5.32 Å². The number of hydrogen-bond donors (Lipinski definition) is 1. The van der Waals surface area contributed by atoms with Gasteiger partial charge in [0.1, 0.15) is 0 Å². The zero-order valence-corrected chi connectivity index (χ0v) is 18.2. The van der Waals surface area contributed by atoms with Crippen LogP contribution in [-0.4, -0.2) is 18.1 Å². The third-order valence-corrected chi connectivity index (χ3v) is 7.61. The van der Waals surface area contributed by atoms with Crippen molar-refractivity contribution in [3.05, 3.63) is 77.6 Å². The molecule has 2 fully saturated rings. The Morgan fingerprint density at radius 2 is 1.47 bits per heavy atom. The highest BCUT2D eigenvalue weighted by Gasteiger charge is 2.43. The van der Waals surface area contributed by atoms with Crippen molar-refractivity contribution in [1.29, 1.82) is 0 Å². The summed E-state index contributed by atoms with van der Waals surface area (Å²) >= 11 is 6.02. The lowest BCUT2D eigenvalue weighted by Crippen LogP contribution is -2.39. The molecule has 154 valence electrons. The standard InChI is InChI=1S/C27H29ClN2/c28-25-9-7-21(8-10-25)20-3-5-22(6-4-20)23-11-15-30-26(18-23)19-24-2-1-12-27(24)13-16-29-17-14-27/h3-11,15,18,24,29H,1-2,12-14,16-17,19H2. The van der Waals surface area contributed by atoms with Crippen molar-refractivity contribution in [2.24, 2.45) is 11.3 Å². The highest BCUT2D eigenvalue weighted by molar-refractivity contribution is 6.30. The molecule has 30 heavy (non-hydrogen) atoms. The molecule has 2 aromatic carbocycles. The second-order valence-corrected chi connectivity index (χ2v) is 9.46. The Kier molecular flexibility index (Phi) is 5.62. The van der Waals surface area contributed by atoms with Gasteiger partial charge in [-0.2, -0.15) is 0 Å².